The molecule has 24 heavy (non-hydrogen) atoms. The fraction of sp³-hybridized carbons (Fsp3) is 0.353. The summed E-state index contributed by atoms with van der Waals surface area (Å²) in [5.41, 5.74) is 1.10. The Morgan fingerprint density at radius 2 is 2.21 bits per heavy atom. The molecule has 6 nitrogen and oxygen atoms in total. The van der Waals surface area contributed by atoms with Gasteiger partial charge in [-0.3, -0.25) is 4.79 Å². The van der Waals surface area contributed by atoms with E-state index in [1.807, 2.05) is 29.7 Å². The second-order valence-corrected chi connectivity index (χ2v) is 6.54. The van der Waals surface area contributed by atoms with Gasteiger partial charge in [-0.25, -0.2) is 0 Å². The molecule has 1 saturated heterocycles. The van der Waals surface area contributed by atoms with Gasteiger partial charge in [0.2, 0.25) is 5.91 Å². The molecule has 1 amide bonds. The highest BCUT2D eigenvalue weighted by Crippen LogP contribution is 2.20. The predicted molar refractivity (Wildman–Crippen MR) is 98.3 cm³/mol. The molecule has 0 aromatic carbocycles. The van der Waals surface area contributed by atoms with Gasteiger partial charge in [0, 0.05) is 43.2 Å². The number of nitrogens with zero attached hydrogens (tertiary/aromatic N) is 3. The van der Waals surface area contributed by atoms with Crippen molar-refractivity contribution in [2.45, 2.75) is 12.8 Å². The molecule has 7 heteroatoms. The Hall–Kier alpha value is -2.41. The Balaban J connectivity index is 1.40. The van der Waals surface area contributed by atoms with Crippen molar-refractivity contribution in [3.63, 3.8) is 0 Å². The smallest absolute Gasteiger partial charge is 0.244 e. The van der Waals surface area contributed by atoms with Crippen LogP contribution in [0.15, 0.2) is 35.9 Å². The number of carbonyl (C=O) groups excluding carboxylic acids is 1. The van der Waals surface area contributed by atoms with E-state index in [0.717, 1.165) is 29.5 Å². The van der Waals surface area contributed by atoms with Crippen LogP contribution in [0.25, 0.3) is 6.08 Å². The number of aromatic nitrogens is 2. The third kappa shape index (κ3) is 4.79. The summed E-state index contributed by atoms with van der Waals surface area (Å²) in [5.74, 6) is 0.643. The second kappa shape index (κ2) is 8.44. The minimum atomic E-state index is -0.0953. The lowest BCUT2D eigenvalue weighted by molar-refractivity contribution is -0.116. The van der Waals surface area contributed by atoms with Crippen LogP contribution < -0.4 is 15.5 Å². The minimum Gasteiger partial charge on any atom is -0.370 e. The van der Waals surface area contributed by atoms with E-state index in [2.05, 4.69) is 25.7 Å². The van der Waals surface area contributed by atoms with E-state index in [1.165, 1.54) is 12.8 Å². The number of thiophene rings is 1. The van der Waals surface area contributed by atoms with Crippen LogP contribution in [-0.4, -0.2) is 42.3 Å². The number of hydrogen-bond donors (Lipinski definition) is 2. The third-order valence-corrected chi connectivity index (χ3v) is 4.62. The molecule has 1 fully saturated rings. The highest BCUT2D eigenvalue weighted by molar-refractivity contribution is 7.10. The Morgan fingerprint density at radius 1 is 1.33 bits per heavy atom. The SMILES string of the molecule is O=C(/C=C/c1cccs1)NCCNc1cc(N2CCCC2)cnn1. The molecule has 3 heterocycles. The van der Waals surface area contributed by atoms with Crippen molar-refractivity contribution in [1.82, 2.24) is 15.5 Å². The lowest BCUT2D eigenvalue weighted by atomic mass is 10.4. The molecule has 2 aromatic heterocycles. The Kier molecular flexibility index (Phi) is 5.79. The van der Waals surface area contributed by atoms with Crippen LogP contribution in [0.2, 0.25) is 0 Å². The second-order valence-electron chi connectivity index (χ2n) is 5.56. The topological polar surface area (TPSA) is 70.2 Å². The molecule has 0 unspecified atom stereocenters. The third-order valence-electron chi connectivity index (χ3n) is 3.78. The summed E-state index contributed by atoms with van der Waals surface area (Å²) in [6.07, 6.45) is 7.64. The average Bonchev–Trinajstić information content (AvgIpc) is 3.31. The Labute approximate surface area is 145 Å². The van der Waals surface area contributed by atoms with Crippen LogP contribution in [-0.2, 0) is 4.79 Å². The molecule has 1 aliphatic heterocycles. The van der Waals surface area contributed by atoms with E-state index >= 15 is 0 Å². The van der Waals surface area contributed by atoms with Gasteiger partial charge in [-0.15, -0.1) is 16.4 Å². The van der Waals surface area contributed by atoms with Gasteiger partial charge in [0.1, 0.15) is 0 Å². The number of carbonyl (C=O) groups is 1. The van der Waals surface area contributed by atoms with Gasteiger partial charge >= 0.3 is 0 Å². The molecule has 0 atom stereocenters. The Morgan fingerprint density at radius 3 is 3.00 bits per heavy atom. The molecule has 126 valence electrons. The van der Waals surface area contributed by atoms with Crippen LogP contribution in [0.1, 0.15) is 17.7 Å². The maximum atomic E-state index is 11.7. The van der Waals surface area contributed by atoms with Crippen LogP contribution in [0, 0.1) is 0 Å². The van der Waals surface area contributed by atoms with Crippen molar-refractivity contribution >= 4 is 34.8 Å². The molecule has 0 radical (unpaired) electrons. The zero-order valence-electron chi connectivity index (χ0n) is 13.4. The molecule has 0 bridgehead atoms. The first-order valence-corrected chi connectivity index (χ1v) is 9.00. The van der Waals surface area contributed by atoms with Gasteiger partial charge in [0.15, 0.2) is 5.82 Å². The molecule has 1 aliphatic rings. The van der Waals surface area contributed by atoms with Crippen molar-refractivity contribution < 1.29 is 4.79 Å². The first-order valence-electron chi connectivity index (χ1n) is 8.12. The van der Waals surface area contributed by atoms with Crippen molar-refractivity contribution in [3.8, 4) is 0 Å². The van der Waals surface area contributed by atoms with Gasteiger partial charge in [-0.2, -0.15) is 5.10 Å². The van der Waals surface area contributed by atoms with Crippen molar-refractivity contribution in [3.05, 3.63) is 40.7 Å². The first kappa shape index (κ1) is 16.4. The summed E-state index contributed by atoms with van der Waals surface area (Å²) in [7, 11) is 0. The van der Waals surface area contributed by atoms with E-state index in [1.54, 1.807) is 23.6 Å². The van der Waals surface area contributed by atoms with Gasteiger partial charge in [0.25, 0.3) is 0 Å². The van der Waals surface area contributed by atoms with Crippen LogP contribution >= 0.6 is 11.3 Å². The summed E-state index contributed by atoms with van der Waals surface area (Å²) < 4.78 is 0. The molecule has 3 rings (SSSR count). The standard InChI is InChI=1S/C17H21N5OS/c23-17(6-5-15-4-3-11-24-15)19-8-7-18-16-12-14(13-20-21-16)22-9-1-2-10-22/h3-6,11-13H,1-2,7-10H2,(H,18,21)(H,19,23)/b6-5+. The van der Waals surface area contributed by atoms with Crippen LogP contribution in [0.5, 0.6) is 0 Å². The maximum absolute atomic E-state index is 11.7. The van der Waals surface area contributed by atoms with Crippen molar-refractivity contribution in [2.75, 3.05) is 36.4 Å². The highest BCUT2D eigenvalue weighted by Gasteiger charge is 2.13. The predicted octanol–water partition coefficient (Wildman–Crippen LogP) is 2.38. The fourth-order valence-electron chi connectivity index (χ4n) is 2.57. The molecule has 2 N–H and O–H groups in total. The van der Waals surface area contributed by atoms with Crippen LogP contribution in [0.4, 0.5) is 11.5 Å². The number of rotatable bonds is 7. The monoisotopic (exact) mass is 343 g/mol. The number of nitrogens with one attached hydrogen (secondary N) is 2. The lowest BCUT2D eigenvalue weighted by Gasteiger charge is -2.17. The first-order chi connectivity index (χ1) is 11.8. The lowest BCUT2D eigenvalue weighted by Crippen LogP contribution is -2.27. The molecular formula is C17H21N5OS. The molecule has 0 spiro atoms. The molecule has 0 saturated carbocycles. The van der Waals surface area contributed by atoms with E-state index < -0.39 is 0 Å². The van der Waals surface area contributed by atoms with Gasteiger partial charge < -0.3 is 15.5 Å². The zero-order chi connectivity index (χ0) is 16.6. The molecule has 0 aliphatic carbocycles. The summed E-state index contributed by atoms with van der Waals surface area (Å²) in [5, 5.41) is 16.2. The van der Waals surface area contributed by atoms with E-state index in [9.17, 15) is 4.79 Å². The molecule has 2 aromatic rings. The van der Waals surface area contributed by atoms with Crippen molar-refractivity contribution in [1.29, 1.82) is 0 Å². The van der Waals surface area contributed by atoms with E-state index in [4.69, 9.17) is 0 Å². The highest BCUT2D eigenvalue weighted by atomic mass is 32.1. The van der Waals surface area contributed by atoms with E-state index in [-0.39, 0.29) is 5.91 Å². The van der Waals surface area contributed by atoms with E-state index in [0.29, 0.717) is 13.1 Å². The summed E-state index contributed by atoms with van der Waals surface area (Å²) >= 11 is 1.60. The largest absolute Gasteiger partial charge is 0.370 e. The van der Waals surface area contributed by atoms with Gasteiger partial charge in [0.05, 0.1) is 11.9 Å². The number of amides is 1. The summed E-state index contributed by atoms with van der Waals surface area (Å²) in [4.78, 5) is 15.1. The Bertz CT molecular complexity index is 680. The van der Waals surface area contributed by atoms with Crippen molar-refractivity contribution in [2.24, 2.45) is 0 Å². The fourth-order valence-corrected chi connectivity index (χ4v) is 3.19. The quantitative estimate of drug-likeness (QED) is 0.597. The number of hydrogen-bond acceptors (Lipinski definition) is 6. The average molecular weight is 343 g/mol. The van der Waals surface area contributed by atoms with Gasteiger partial charge in [-0.1, -0.05) is 6.07 Å². The number of anilines is 2. The van der Waals surface area contributed by atoms with Crippen LogP contribution in [0.3, 0.4) is 0 Å². The maximum Gasteiger partial charge on any atom is 0.244 e. The molecular weight excluding hydrogens is 322 g/mol. The summed E-state index contributed by atoms with van der Waals surface area (Å²) in [6, 6.07) is 5.95. The van der Waals surface area contributed by atoms with Gasteiger partial charge in [-0.05, 0) is 30.4 Å². The normalized spacial score (nSPS) is 14.2. The zero-order valence-corrected chi connectivity index (χ0v) is 14.3. The summed E-state index contributed by atoms with van der Waals surface area (Å²) in [6.45, 7) is 3.30. The minimum absolute atomic E-state index is 0.0953.